The van der Waals surface area contributed by atoms with Gasteiger partial charge in [0, 0.05) is 12.2 Å². The molecule has 0 aliphatic heterocycles. The van der Waals surface area contributed by atoms with Crippen LogP contribution in [-0.2, 0) is 14.3 Å². The van der Waals surface area contributed by atoms with Gasteiger partial charge in [0.25, 0.3) is 5.91 Å². The molecule has 3 N–H and O–H groups in total. The number of hydrogen-bond acceptors (Lipinski definition) is 4. The van der Waals surface area contributed by atoms with Crippen LogP contribution in [0.2, 0.25) is 0 Å². The van der Waals surface area contributed by atoms with E-state index in [1.165, 1.54) is 0 Å². The second-order valence-corrected chi connectivity index (χ2v) is 3.77. The number of hydrogen-bond donors (Lipinski definition) is 2. The zero-order valence-electron chi connectivity index (χ0n) is 10.6. The fourth-order valence-electron chi connectivity index (χ4n) is 1.31. The van der Waals surface area contributed by atoms with Crippen LogP contribution in [0.4, 0.5) is 5.69 Å². The normalized spacial score (nSPS) is 12.1. The maximum Gasteiger partial charge on any atom is 0.253 e. The van der Waals surface area contributed by atoms with Gasteiger partial charge in [-0.05, 0) is 19.1 Å². The molecule has 1 aromatic rings. The highest BCUT2D eigenvalue weighted by Crippen LogP contribution is 2.06. The van der Waals surface area contributed by atoms with Gasteiger partial charge < -0.3 is 20.5 Å². The fraction of sp³-hybridized carbons (Fsp3) is 0.462. The van der Waals surface area contributed by atoms with Gasteiger partial charge in [0.1, 0.15) is 6.10 Å². The second kappa shape index (κ2) is 8.63. The van der Waals surface area contributed by atoms with Crippen LogP contribution in [0.1, 0.15) is 6.92 Å². The first-order valence-corrected chi connectivity index (χ1v) is 5.99. The molecule has 0 aromatic heterocycles. The van der Waals surface area contributed by atoms with Crippen molar-refractivity contribution in [3.05, 3.63) is 30.3 Å². The van der Waals surface area contributed by atoms with E-state index in [1.54, 1.807) is 6.92 Å². The summed E-state index contributed by atoms with van der Waals surface area (Å²) in [6.45, 7) is 3.53. The number of rotatable bonds is 8. The molecular formula is C13H20N2O3. The number of ether oxygens (including phenoxy) is 2. The molecule has 1 amide bonds. The number of benzene rings is 1. The molecule has 0 bridgehead atoms. The van der Waals surface area contributed by atoms with Gasteiger partial charge in [-0.3, -0.25) is 4.79 Å². The summed E-state index contributed by atoms with van der Waals surface area (Å²) in [6.07, 6.45) is -0.508. The quantitative estimate of drug-likeness (QED) is 0.677. The van der Waals surface area contributed by atoms with Crippen molar-refractivity contribution in [3.63, 3.8) is 0 Å². The first-order chi connectivity index (χ1) is 8.74. The van der Waals surface area contributed by atoms with Crippen molar-refractivity contribution < 1.29 is 14.3 Å². The number of carbonyl (C=O) groups is 1. The number of anilines is 1. The third-order valence-corrected chi connectivity index (χ3v) is 2.27. The summed E-state index contributed by atoms with van der Waals surface area (Å²) < 4.78 is 10.5. The molecule has 0 aliphatic carbocycles. The zero-order chi connectivity index (χ0) is 13.2. The van der Waals surface area contributed by atoms with Crippen LogP contribution in [0, 0.1) is 0 Å². The molecule has 0 fully saturated rings. The Balaban J connectivity index is 2.21. The Hall–Kier alpha value is -1.43. The minimum atomic E-state index is -0.508. The average molecular weight is 252 g/mol. The highest BCUT2D eigenvalue weighted by Gasteiger charge is 2.12. The van der Waals surface area contributed by atoms with E-state index in [9.17, 15) is 4.79 Å². The Morgan fingerprint density at radius 3 is 2.67 bits per heavy atom. The van der Waals surface area contributed by atoms with Crippen molar-refractivity contribution in [2.45, 2.75) is 13.0 Å². The van der Waals surface area contributed by atoms with Crippen molar-refractivity contribution in [2.75, 3.05) is 31.7 Å². The molecule has 18 heavy (non-hydrogen) atoms. The molecule has 0 heterocycles. The molecule has 5 nitrogen and oxygen atoms in total. The van der Waals surface area contributed by atoms with Crippen molar-refractivity contribution in [2.24, 2.45) is 5.73 Å². The van der Waals surface area contributed by atoms with Crippen molar-refractivity contribution in [3.8, 4) is 0 Å². The smallest absolute Gasteiger partial charge is 0.253 e. The van der Waals surface area contributed by atoms with Crippen molar-refractivity contribution in [1.82, 2.24) is 0 Å². The predicted molar refractivity (Wildman–Crippen MR) is 70.4 cm³/mol. The van der Waals surface area contributed by atoms with E-state index in [0.717, 1.165) is 5.69 Å². The zero-order valence-corrected chi connectivity index (χ0v) is 10.6. The van der Waals surface area contributed by atoms with Crippen LogP contribution in [0.25, 0.3) is 0 Å². The Bertz CT molecular complexity index is 343. The molecule has 0 saturated carbocycles. The third kappa shape index (κ3) is 5.77. The van der Waals surface area contributed by atoms with Crippen LogP contribution in [0.15, 0.2) is 30.3 Å². The van der Waals surface area contributed by atoms with Crippen LogP contribution >= 0.6 is 0 Å². The number of amides is 1. The van der Waals surface area contributed by atoms with Gasteiger partial charge in [0.05, 0.1) is 19.8 Å². The average Bonchev–Trinajstić information content (AvgIpc) is 2.39. The van der Waals surface area contributed by atoms with Crippen LogP contribution in [0.3, 0.4) is 0 Å². The van der Waals surface area contributed by atoms with Crippen LogP contribution in [0.5, 0.6) is 0 Å². The number of nitrogens with two attached hydrogens (primary N) is 1. The monoisotopic (exact) mass is 252 g/mol. The highest BCUT2D eigenvalue weighted by molar-refractivity contribution is 5.93. The van der Waals surface area contributed by atoms with Crippen molar-refractivity contribution in [1.29, 1.82) is 0 Å². The predicted octanol–water partition coefficient (Wildman–Crippen LogP) is 1.01. The van der Waals surface area contributed by atoms with E-state index in [0.29, 0.717) is 26.4 Å². The molecule has 0 spiro atoms. The van der Waals surface area contributed by atoms with Gasteiger partial charge in [-0.25, -0.2) is 0 Å². The Morgan fingerprint density at radius 1 is 1.28 bits per heavy atom. The lowest BCUT2D eigenvalue weighted by Crippen LogP contribution is -2.29. The van der Waals surface area contributed by atoms with E-state index >= 15 is 0 Å². The van der Waals surface area contributed by atoms with Crippen molar-refractivity contribution >= 4 is 11.6 Å². The summed E-state index contributed by atoms with van der Waals surface area (Å²) in [7, 11) is 0. The highest BCUT2D eigenvalue weighted by atomic mass is 16.5. The molecule has 0 radical (unpaired) electrons. The van der Waals surface area contributed by atoms with Crippen LogP contribution < -0.4 is 11.1 Å². The molecule has 0 saturated heterocycles. The van der Waals surface area contributed by atoms with E-state index in [4.69, 9.17) is 15.2 Å². The molecule has 1 unspecified atom stereocenters. The molecule has 100 valence electrons. The van der Waals surface area contributed by atoms with Gasteiger partial charge in [0.2, 0.25) is 0 Å². The maximum absolute atomic E-state index is 11.7. The first kappa shape index (κ1) is 14.6. The molecule has 1 rings (SSSR count). The number of nitrogens with one attached hydrogen (secondary N) is 1. The summed E-state index contributed by atoms with van der Waals surface area (Å²) in [4.78, 5) is 11.7. The third-order valence-electron chi connectivity index (χ3n) is 2.27. The van der Waals surface area contributed by atoms with Crippen LogP contribution in [-0.4, -0.2) is 38.4 Å². The minimum Gasteiger partial charge on any atom is -0.378 e. The number of para-hydroxylation sites is 1. The summed E-state index contributed by atoms with van der Waals surface area (Å²) in [6, 6.07) is 9.28. The lowest BCUT2D eigenvalue weighted by molar-refractivity contribution is -0.127. The van der Waals surface area contributed by atoms with Gasteiger partial charge in [-0.2, -0.15) is 0 Å². The molecule has 1 aromatic carbocycles. The SMILES string of the molecule is CC(OCCOCCN)C(=O)Nc1ccccc1. The Labute approximate surface area is 107 Å². The molecule has 5 heteroatoms. The Morgan fingerprint density at radius 2 is 2.00 bits per heavy atom. The summed E-state index contributed by atoms with van der Waals surface area (Å²) in [5, 5.41) is 2.77. The first-order valence-electron chi connectivity index (χ1n) is 5.99. The van der Waals surface area contributed by atoms with Gasteiger partial charge >= 0.3 is 0 Å². The topological polar surface area (TPSA) is 73.6 Å². The molecular weight excluding hydrogens is 232 g/mol. The fourth-order valence-corrected chi connectivity index (χ4v) is 1.31. The number of carbonyl (C=O) groups excluding carboxylic acids is 1. The molecule has 0 aliphatic rings. The summed E-state index contributed by atoms with van der Waals surface area (Å²) in [5.41, 5.74) is 6.04. The summed E-state index contributed by atoms with van der Waals surface area (Å²) >= 11 is 0. The van der Waals surface area contributed by atoms with E-state index in [2.05, 4.69) is 5.32 Å². The Kier molecular flexibility index (Phi) is 7.01. The van der Waals surface area contributed by atoms with E-state index in [-0.39, 0.29) is 5.91 Å². The minimum absolute atomic E-state index is 0.167. The lowest BCUT2D eigenvalue weighted by atomic mass is 10.3. The van der Waals surface area contributed by atoms with Gasteiger partial charge in [-0.15, -0.1) is 0 Å². The lowest BCUT2D eigenvalue weighted by Gasteiger charge is -2.13. The van der Waals surface area contributed by atoms with Gasteiger partial charge in [-0.1, -0.05) is 18.2 Å². The summed E-state index contributed by atoms with van der Waals surface area (Å²) in [5.74, 6) is -0.167. The van der Waals surface area contributed by atoms with E-state index < -0.39 is 6.10 Å². The standard InChI is InChI=1S/C13H20N2O3/c1-11(18-10-9-17-8-7-14)13(16)15-12-5-3-2-4-6-12/h2-6,11H,7-10,14H2,1H3,(H,15,16). The molecule has 1 atom stereocenters. The maximum atomic E-state index is 11.7. The van der Waals surface area contributed by atoms with E-state index in [1.807, 2.05) is 30.3 Å². The largest absolute Gasteiger partial charge is 0.378 e. The second-order valence-electron chi connectivity index (χ2n) is 3.77. The van der Waals surface area contributed by atoms with Gasteiger partial charge in [0.15, 0.2) is 0 Å².